The lowest BCUT2D eigenvalue weighted by molar-refractivity contribution is 0.0730. The van der Waals surface area contributed by atoms with Gasteiger partial charge in [-0.15, -0.1) is 0 Å². The minimum Gasteiger partial charge on any atom is -0.396 e. The van der Waals surface area contributed by atoms with Crippen LogP contribution in [-0.2, 0) is 14.8 Å². The third kappa shape index (κ3) is 2.40. The number of nitrogen functional groups attached to an aromatic ring is 1. The van der Waals surface area contributed by atoms with E-state index in [4.69, 9.17) is 22.1 Å². The lowest BCUT2D eigenvalue weighted by atomic mass is 10.3. The molecule has 2 N–H and O–H groups in total. The largest absolute Gasteiger partial charge is 0.396 e. The molecule has 0 amide bonds. The molecule has 0 bridgehead atoms. The highest BCUT2D eigenvalue weighted by molar-refractivity contribution is 7.89. The number of ether oxygens (including phenoxy) is 1. The molecule has 94 valence electrons. The first-order valence-corrected chi connectivity index (χ1v) is 6.97. The lowest BCUT2D eigenvalue weighted by Gasteiger charge is -2.26. The Morgan fingerprint density at radius 1 is 1.29 bits per heavy atom. The van der Waals surface area contributed by atoms with E-state index in [2.05, 4.69) is 0 Å². The van der Waals surface area contributed by atoms with E-state index < -0.39 is 10.0 Å². The minimum atomic E-state index is -3.57. The van der Waals surface area contributed by atoms with Crippen molar-refractivity contribution in [1.82, 2.24) is 4.31 Å². The highest BCUT2D eigenvalue weighted by atomic mass is 35.5. The summed E-state index contributed by atoms with van der Waals surface area (Å²) >= 11 is 5.83. The van der Waals surface area contributed by atoms with Crippen LogP contribution in [0.3, 0.4) is 0 Å². The van der Waals surface area contributed by atoms with Crippen molar-refractivity contribution in [2.75, 3.05) is 32.0 Å². The fraction of sp³-hybridized carbons (Fsp3) is 0.400. The lowest BCUT2D eigenvalue weighted by Crippen LogP contribution is -2.40. The first-order valence-electron chi connectivity index (χ1n) is 5.15. The molecule has 7 heteroatoms. The average Bonchev–Trinajstić information content (AvgIpc) is 2.33. The summed E-state index contributed by atoms with van der Waals surface area (Å²) < 4.78 is 31.1. The number of halogens is 1. The molecule has 17 heavy (non-hydrogen) atoms. The Morgan fingerprint density at radius 2 is 1.94 bits per heavy atom. The van der Waals surface area contributed by atoms with Gasteiger partial charge in [0.1, 0.15) is 4.90 Å². The fourth-order valence-electron chi connectivity index (χ4n) is 1.67. The molecule has 0 unspecified atom stereocenters. The number of nitrogens with zero attached hydrogens (tertiary/aromatic N) is 1. The monoisotopic (exact) mass is 276 g/mol. The molecular weight excluding hydrogens is 264 g/mol. The van der Waals surface area contributed by atoms with Gasteiger partial charge >= 0.3 is 0 Å². The van der Waals surface area contributed by atoms with Crippen molar-refractivity contribution in [3.05, 3.63) is 23.2 Å². The first-order chi connectivity index (χ1) is 8.03. The van der Waals surface area contributed by atoms with Crippen LogP contribution >= 0.6 is 11.6 Å². The van der Waals surface area contributed by atoms with Crippen LogP contribution in [0.5, 0.6) is 0 Å². The van der Waals surface area contributed by atoms with Gasteiger partial charge in [-0.05, 0) is 12.1 Å². The highest BCUT2D eigenvalue weighted by Gasteiger charge is 2.28. The summed E-state index contributed by atoms with van der Waals surface area (Å²) in [5, 5.41) is 0.249. The van der Waals surface area contributed by atoms with E-state index in [0.29, 0.717) is 26.3 Å². The number of nitrogens with two attached hydrogens (primary N) is 1. The molecule has 5 nitrogen and oxygen atoms in total. The van der Waals surface area contributed by atoms with Crippen LogP contribution in [0.25, 0.3) is 0 Å². The summed E-state index contributed by atoms with van der Waals surface area (Å²) in [6.07, 6.45) is 0. The molecule has 1 aliphatic rings. The number of hydrogen-bond donors (Lipinski definition) is 1. The molecule has 1 aromatic carbocycles. The zero-order valence-electron chi connectivity index (χ0n) is 9.10. The molecule has 1 saturated heterocycles. The van der Waals surface area contributed by atoms with Gasteiger partial charge < -0.3 is 10.5 Å². The van der Waals surface area contributed by atoms with Crippen LogP contribution in [0.1, 0.15) is 0 Å². The van der Waals surface area contributed by atoms with Gasteiger partial charge in [0.2, 0.25) is 10.0 Å². The molecule has 0 spiro atoms. The number of sulfonamides is 1. The van der Waals surface area contributed by atoms with Gasteiger partial charge in [0.05, 0.1) is 23.9 Å². The zero-order valence-corrected chi connectivity index (χ0v) is 10.7. The van der Waals surface area contributed by atoms with E-state index in [0.717, 1.165) is 0 Å². The summed E-state index contributed by atoms with van der Waals surface area (Å²) in [6, 6.07) is 4.60. The topological polar surface area (TPSA) is 72.6 Å². The zero-order chi connectivity index (χ0) is 12.5. The van der Waals surface area contributed by atoms with Crippen LogP contribution in [0, 0.1) is 0 Å². The number of rotatable bonds is 2. The standard InChI is InChI=1S/C10H13ClN2O3S/c11-8-2-1-3-9(10(8)12)17(14,15)13-4-6-16-7-5-13/h1-3H,4-7,12H2. The minimum absolute atomic E-state index is 0.0619. The Balaban J connectivity index is 2.40. The summed E-state index contributed by atoms with van der Waals surface area (Å²) in [5.41, 5.74) is 5.80. The van der Waals surface area contributed by atoms with E-state index in [1.807, 2.05) is 0 Å². The van der Waals surface area contributed by atoms with E-state index in [1.165, 1.54) is 10.4 Å². The summed E-state index contributed by atoms with van der Waals surface area (Å²) in [6.45, 7) is 1.49. The average molecular weight is 277 g/mol. The van der Waals surface area contributed by atoms with Gasteiger partial charge in [-0.1, -0.05) is 17.7 Å². The first kappa shape index (κ1) is 12.6. The van der Waals surface area contributed by atoms with Crippen LogP contribution in [0.2, 0.25) is 5.02 Å². The van der Waals surface area contributed by atoms with Crippen molar-refractivity contribution < 1.29 is 13.2 Å². The Labute approximate surface area is 105 Å². The maximum Gasteiger partial charge on any atom is 0.245 e. The number of anilines is 1. The van der Waals surface area contributed by atoms with Crippen LogP contribution in [0.15, 0.2) is 23.1 Å². The van der Waals surface area contributed by atoms with Gasteiger partial charge in [-0.25, -0.2) is 8.42 Å². The number of morpholine rings is 1. The molecule has 0 radical (unpaired) electrons. The van der Waals surface area contributed by atoms with Gasteiger partial charge in [0.15, 0.2) is 0 Å². The third-order valence-electron chi connectivity index (χ3n) is 2.60. The predicted octanol–water partition coefficient (Wildman–Crippen LogP) is 0.943. The van der Waals surface area contributed by atoms with E-state index in [9.17, 15) is 8.42 Å². The van der Waals surface area contributed by atoms with Crippen molar-refractivity contribution in [1.29, 1.82) is 0 Å². The summed E-state index contributed by atoms with van der Waals surface area (Å²) in [5.74, 6) is 0. The van der Waals surface area contributed by atoms with Crippen molar-refractivity contribution in [3.8, 4) is 0 Å². The van der Waals surface area contributed by atoms with Gasteiger partial charge in [0.25, 0.3) is 0 Å². The van der Waals surface area contributed by atoms with E-state index in [-0.39, 0.29) is 15.6 Å². The molecule has 1 fully saturated rings. The molecule has 1 aliphatic heterocycles. The Bertz CT molecular complexity index is 512. The fourth-order valence-corrected chi connectivity index (χ4v) is 3.45. The quantitative estimate of drug-likeness (QED) is 0.816. The predicted molar refractivity (Wildman–Crippen MR) is 65.4 cm³/mol. The van der Waals surface area contributed by atoms with Gasteiger partial charge in [-0.3, -0.25) is 0 Å². The number of para-hydroxylation sites is 1. The second-order valence-corrected chi connectivity index (χ2v) is 5.98. The van der Waals surface area contributed by atoms with E-state index in [1.54, 1.807) is 12.1 Å². The van der Waals surface area contributed by atoms with Crippen molar-refractivity contribution in [2.24, 2.45) is 0 Å². The van der Waals surface area contributed by atoms with Crippen molar-refractivity contribution in [3.63, 3.8) is 0 Å². The summed E-state index contributed by atoms with van der Waals surface area (Å²) in [4.78, 5) is 0.0619. The van der Waals surface area contributed by atoms with Gasteiger partial charge in [0, 0.05) is 13.1 Å². The van der Waals surface area contributed by atoms with Crippen molar-refractivity contribution in [2.45, 2.75) is 4.90 Å². The second-order valence-electron chi connectivity index (χ2n) is 3.67. The van der Waals surface area contributed by atoms with Crippen LogP contribution < -0.4 is 5.73 Å². The number of hydrogen-bond acceptors (Lipinski definition) is 4. The highest BCUT2D eigenvalue weighted by Crippen LogP contribution is 2.28. The molecule has 0 aliphatic carbocycles. The normalized spacial score (nSPS) is 18.2. The van der Waals surface area contributed by atoms with Crippen molar-refractivity contribution >= 4 is 27.3 Å². The summed E-state index contributed by atoms with van der Waals surface area (Å²) in [7, 11) is -3.57. The SMILES string of the molecule is Nc1c(Cl)cccc1S(=O)(=O)N1CCOCC1. The molecule has 1 aromatic rings. The van der Waals surface area contributed by atoms with Gasteiger partial charge in [-0.2, -0.15) is 4.31 Å². The van der Waals surface area contributed by atoms with Crippen LogP contribution in [0.4, 0.5) is 5.69 Å². The molecule has 0 aromatic heterocycles. The number of benzene rings is 1. The molecule has 0 saturated carbocycles. The molecule has 0 atom stereocenters. The molecule has 2 rings (SSSR count). The smallest absolute Gasteiger partial charge is 0.245 e. The van der Waals surface area contributed by atoms with Crippen LogP contribution in [-0.4, -0.2) is 39.0 Å². The molecule has 1 heterocycles. The Kier molecular flexibility index (Phi) is 3.58. The Hall–Kier alpha value is -0.820. The second kappa shape index (κ2) is 4.81. The van der Waals surface area contributed by atoms with E-state index >= 15 is 0 Å². The molecular formula is C10H13ClN2O3S. The maximum atomic E-state index is 12.3. The third-order valence-corrected chi connectivity index (χ3v) is 4.89. The Morgan fingerprint density at radius 3 is 2.59 bits per heavy atom. The maximum absolute atomic E-state index is 12.3.